The van der Waals surface area contributed by atoms with E-state index in [1.165, 1.54) is 0 Å². The van der Waals surface area contributed by atoms with Gasteiger partial charge in [0.2, 0.25) is 11.9 Å². The van der Waals surface area contributed by atoms with Crippen LogP contribution in [0.15, 0.2) is 54.7 Å². The molecule has 24 heavy (non-hydrogen) atoms. The van der Waals surface area contributed by atoms with Crippen molar-refractivity contribution in [1.29, 1.82) is 0 Å². The van der Waals surface area contributed by atoms with Gasteiger partial charge in [-0.15, -0.1) is 5.43 Å². The van der Waals surface area contributed by atoms with Gasteiger partial charge in [-0.3, -0.25) is 4.79 Å². The van der Waals surface area contributed by atoms with Gasteiger partial charge >= 0.3 is 5.91 Å². The van der Waals surface area contributed by atoms with E-state index >= 15 is 0 Å². The number of aromatic nitrogens is 1. The van der Waals surface area contributed by atoms with Crippen LogP contribution in [0.5, 0.6) is 11.5 Å². The number of rotatable bonds is 4. The normalized spacial score (nSPS) is 10.5. The van der Waals surface area contributed by atoms with E-state index in [9.17, 15) is 4.79 Å². The lowest BCUT2D eigenvalue weighted by Gasteiger charge is -2.09. The number of hydrogen-bond acceptors (Lipinski definition) is 3. The summed E-state index contributed by atoms with van der Waals surface area (Å²) in [5.41, 5.74) is 4.40. The molecule has 0 aliphatic heterocycles. The monoisotopic (exact) mass is 323 g/mol. The van der Waals surface area contributed by atoms with E-state index < -0.39 is 0 Å². The Hall–Kier alpha value is -3.08. The van der Waals surface area contributed by atoms with Crippen LogP contribution in [-0.4, -0.2) is 20.1 Å². The van der Waals surface area contributed by atoms with Crippen molar-refractivity contribution in [2.24, 2.45) is 0 Å². The third-order valence-electron chi connectivity index (χ3n) is 3.86. The minimum Gasteiger partial charge on any atom is -0.493 e. The number of pyridine rings is 1. The number of benzene rings is 2. The Morgan fingerprint density at radius 3 is 2.21 bits per heavy atom. The van der Waals surface area contributed by atoms with Crippen molar-refractivity contribution in [3.63, 3.8) is 0 Å². The molecule has 1 heterocycles. The first-order valence-electron chi connectivity index (χ1n) is 7.57. The summed E-state index contributed by atoms with van der Waals surface area (Å²) < 4.78 is 12.4. The molecular formula is C19H19N2O3+. The van der Waals surface area contributed by atoms with Crippen molar-refractivity contribution >= 4 is 16.7 Å². The Morgan fingerprint density at radius 1 is 0.958 bits per heavy atom. The zero-order chi connectivity index (χ0) is 17.1. The molecule has 1 amide bonds. The summed E-state index contributed by atoms with van der Waals surface area (Å²) in [4.78, 5) is 12.3. The standard InChI is InChI=1S/C19H18N2O3/c1-13-9-15-10-17(23-2)18(24-3)11-16(15)12-21(13)20-19(22)14-7-5-4-6-8-14/h4-12H,1-3H3/p+1. The summed E-state index contributed by atoms with van der Waals surface area (Å²) in [5.74, 6) is 1.16. The van der Waals surface area contributed by atoms with Gasteiger partial charge in [0.1, 0.15) is 0 Å². The fourth-order valence-corrected chi connectivity index (χ4v) is 2.57. The number of carbonyl (C=O) groups excluding carboxylic acids is 1. The number of nitrogens with one attached hydrogen (secondary N) is 1. The van der Waals surface area contributed by atoms with Crippen LogP contribution in [-0.2, 0) is 0 Å². The molecule has 3 rings (SSSR count). The molecule has 5 heteroatoms. The van der Waals surface area contributed by atoms with Crippen LogP contribution in [0.1, 0.15) is 16.1 Å². The number of aryl methyl sites for hydroxylation is 1. The number of methoxy groups -OCH3 is 2. The average molecular weight is 323 g/mol. The van der Waals surface area contributed by atoms with Crippen molar-refractivity contribution in [3.8, 4) is 11.5 Å². The second-order valence-corrected chi connectivity index (χ2v) is 5.43. The van der Waals surface area contributed by atoms with Crippen molar-refractivity contribution < 1.29 is 18.9 Å². The minimum atomic E-state index is -0.163. The molecule has 122 valence electrons. The molecule has 5 nitrogen and oxygen atoms in total. The molecule has 0 atom stereocenters. The molecule has 3 aromatic rings. The first kappa shape index (κ1) is 15.8. The Kier molecular flexibility index (Phi) is 4.33. The van der Waals surface area contributed by atoms with E-state index in [-0.39, 0.29) is 5.91 Å². The summed E-state index contributed by atoms with van der Waals surface area (Å²) in [6.45, 7) is 1.93. The maximum atomic E-state index is 12.3. The molecule has 0 saturated carbocycles. The highest BCUT2D eigenvalue weighted by molar-refractivity contribution is 5.98. The highest BCUT2D eigenvalue weighted by Crippen LogP contribution is 2.31. The van der Waals surface area contributed by atoms with Crippen molar-refractivity contribution in [2.45, 2.75) is 6.92 Å². The second kappa shape index (κ2) is 6.58. The third kappa shape index (κ3) is 3.01. The number of hydrogen-bond donors (Lipinski definition) is 1. The lowest BCUT2D eigenvalue weighted by molar-refractivity contribution is -0.646. The average Bonchev–Trinajstić information content (AvgIpc) is 2.62. The number of fused-ring (bicyclic) bond motifs is 1. The Labute approximate surface area is 140 Å². The zero-order valence-corrected chi connectivity index (χ0v) is 13.9. The van der Waals surface area contributed by atoms with E-state index in [0.29, 0.717) is 17.1 Å². The smallest absolute Gasteiger partial charge is 0.305 e. The van der Waals surface area contributed by atoms with E-state index in [2.05, 4.69) is 5.43 Å². The maximum Gasteiger partial charge on any atom is 0.305 e. The number of carbonyl (C=O) groups is 1. The molecule has 0 radical (unpaired) electrons. The number of amides is 1. The molecule has 1 N–H and O–H groups in total. The summed E-state index contributed by atoms with van der Waals surface area (Å²) in [6.07, 6.45) is 1.87. The Morgan fingerprint density at radius 2 is 1.58 bits per heavy atom. The van der Waals surface area contributed by atoms with Crippen LogP contribution >= 0.6 is 0 Å². The lowest BCUT2D eigenvalue weighted by Crippen LogP contribution is -2.50. The van der Waals surface area contributed by atoms with Crippen molar-refractivity contribution in [3.05, 3.63) is 66.0 Å². The fraction of sp³-hybridized carbons (Fsp3) is 0.158. The predicted molar refractivity (Wildman–Crippen MR) is 92.1 cm³/mol. The fourth-order valence-electron chi connectivity index (χ4n) is 2.57. The highest BCUT2D eigenvalue weighted by Gasteiger charge is 2.16. The molecule has 0 bridgehead atoms. The van der Waals surface area contributed by atoms with E-state index in [4.69, 9.17) is 9.47 Å². The van der Waals surface area contributed by atoms with Gasteiger partial charge in [0, 0.05) is 18.6 Å². The maximum absolute atomic E-state index is 12.3. The number of nitrogens with zero attached hydrogens (tertiary/aromatic N) is 1. The first-order valence-corrected chi connectivity index (χ1v) is 7.57. The Bertz CT molecular complexity index is 892. The van der Waals surface area contributed by atoms with E-state index in [1.807, 2.05) is 49.5 Å². The zero-order valence-electron chi connectivity index (χ0n) is 13.9. The number of ether oxygens (including phenoxy) is 2. The molecule has 0 spiro atoms. The van der Waals surface area contributed by atoms with Crippen LogP contribution in [0.25, 0.3) is 10.8 Å². The van der Waals surface area contributed by atoms with Gasteiger partial charge < -0.3 is 9.47 Å². The lowest BCUT2D eigenvalue weighted by atomic mass is 10.1. The van der Waals surface area contributed by atoms with Crippen molar-refractivity contribution in [1.82, 2.24) is 0 Å². The van der Waals surface area contributed by atoms with Gasteiger partial charge in [0.15, 0.2) is 11.5 Å². The van der Waals surface area contributed by atoms with Gasteiger partial charge in [-0.25, -0.2) is 0 Å². The summed E-state index contributed by atoms with van der Waals surface area (Å²) in [5, 5.41) is 1.95. The summed E-state index contributed by atoms with van der Waals surface area (Å²) in [7, 11) is 3.21. The molecule has 0 unspecified atom stereocenters. The van der Waals surface area contributed by atoms with Gasteiger partial charge in [-0.2, -0.15) is 0 Å². The van der Waals surface area contributed by atoms with Crippen LogP contribution in [0.2, 0.25) is 0 Å². The topological polar surface area (TPSA) is 51.4 Å². The van der Waals surface area contributed by atoms with Crippen LogP contribution in [0, 0.1) is 6.92 Å². The van der Waals surface area contributed by atoms with Gasteiger partial charge in [0.05, 0.1) is 19.6 Å². The second-order valence-electron chi connectivity index (χ2n) is 5.43. The molecule has 0 aliphatic rings. The highest BCUT2D eigenvalue weighted by atomic mass is 16.5. The third-order valence-corrected chi connectivity index (χ3v) is 3.86. The van der Waals surface area contributed by atoms with E-state index in [1.54, 1.807) is 31.0 Å². The minimum absolute atomic E-state index is 0.163. The van der Waals surface area contributed by atoms with Crippen LogP contribution < -0.4 is 19.6 Å². The van der Waals surface area contributed by atoms with Gasteiger partial charge in [-0.05, 0) is 29.7 Å². The van der Waals surface area contributed by atoms with Crippen molar-refractivity contribution in [2.75, 3.05) is 19.6 Å². The van der Waals surface area contributed by atoms with E-state index in [0.717, 1.165) is 16.5 Å². The SMILES string of the molecule is COc1cc2cc(C)[n+](NC(=O)c3ccccc3)cc2cc1OC. The molecule has 2 aromatic carbocycles. The quantitative estimate of drug-likeness (QED) is 0.751. The van der Waals surface area contributed by atoms with Gasteiger partial charge in [0.25, 0.3) is 0 Å². The molecule has 1 aromatic heterocycles. The first-order chi connectivity index (χ1) is 11.6. The molecule has 0 fully saturated rings. The van der Waals surface area contributed by atoms with Gasteiger partial charge in [-0.1, -0.05) is 22.9 Å². The van der Waals surface area contributed by atoms with Crippen LogP contribution in [0.4, 0.5) is 0 Å². The molecule has 0 aliphatic carbocycles. The summed E-state index contributed by atoms with van der Waals surface area (Å²) >= 11 is 0. The van der Waals surface area contributed by atoms with Crippen LogP contribution in [0.3, 0.4) is 0 Å². The Balaban J connectivity index is 1.99. The largest absolute Gasteiger partial charge is 0.493 e. The molecular weight excluding hydrogens is 304 g/mol. The summed E-state index contributed by atoms with van der Waals surface area (Å²) in [6, 6.07) is 14.9. The predicted octanol–water partition coefficient (Wildman–Crippen LogP) is 2.84. The molecule has 0 saturated heterocycles.